The highest BCUT2D eigenvalue weighted by atomic mass is 32.2. The summed E-state index contributed by atoms with van der Waals surface area (Å²) in [5.41, 5.74) is 0.604. The summed E-state index contributed by atoms with van der Waals surface area (Å²) in [6.45, 7) is 4.96. The van der Waals surface area contributed by atoms with Gasteiger partial charge in [0.15, 0.2) is 0 Å². The van der Waals surface area contributed by atoms with Gasteiger partial charge in [-0.25, -0.2) is 13.1 Å². The lowest BCUT2D eigenvalue weighted by atomic mass is 10.2. The van der Waals surface area contributed by atoms with E-state index in [4.69, 9.17) is 4.74 Å². The Kier molecular flexibility index (Phi) is 4.31. The van der Waals surface area contributed by atoms with Crippen LogP contribution in [-0.2, 0) is 10.0 Å². The zero-order valence-electron chi connectivity index (χ0n) is 11.3. The fraction of sp³-hybridized carbons (Fsp3) is 0.538. The molecule has 1 heterocycles. The van der Waals surface area contributed by atoms with Gasteiger partial charge < -0.3 is 10.1 Å². The number of sulfonamides is 1. The molecular formula is C13H20N2O3S. The maximum absolute atomic E-state index is 12.3. The van der Waals surface area contributed by atoms with Crippen LogP contribution in [0.3, 0.4) is 0 Å². The van der Waals surface area contributed by atoms with E-state index in [1.165, 1.54) is 0 Å². The Labute approximate surface area is 114 Å². The van der Waals surface area contributed by atoms with Crippen LogP contribution in [0.4, 0.5) is 5.69 Å². The molecule has 19 heavy (non-hydrogen) atoms. The number of nitrogens with one attached hydrogen (secondary N) is 2. The summed E-state index contributed by atoms with van der Waals surface area (Å²) < 4.78 is 32.8. The molecule has 0 unspecified atom stereocenters. The number of fused-ring (bicyclic) bond motifs is 1. The van der Waals surface area contributed by atoms with Crippen molar-refractivity contribution in [2.45, 2.75) is 37.6 Å². The van der Waals surface area contributed by atoms with Gasteiger partial charge in [-0.3, -0.25) is 0 Å². The van der Waals surface area contributed by atoms with Crippen LogP contribution >= 0.6 is 0 Å². The van der Waals surface area contributed by atoms with Crippen molar-refractivity contribution in [3.05, 3.63) is 18.2 Å². The van der Waals surface area contributed by atoms with Crippen molar-refractivity contribution in [1.82, 2.24) is 4.72 Å². The molecule has 1 aromatic carbocycles. The molecule has 6 heteroatoms. The average Bonchev–Trinajstić information content (AvgIpc) is 2.47. The van der Waals surface area contributed by atoms with Gasteiger partial charge in [0.2, 0.25) is 10.0 Å². The first kappa shape index (κ1) is 14.1. The second-order valence-electron chi connectivity index (χ2n) is 4.75. The van der Waals surface area contributed by atoms with Crippen LogP contribution in [0.25, 0.3) is 0 Å². The van der Waals surface area contributed by atoms with E-state index in [1.54, 1.807) is 25.1 Å². The molecule has 0 spiro atoms. The summed E-state index contributed by atoms with van der Waals surface area (Å²) in [6.07, 6.45) is 2.05. The topological polar surface area (TPSA) is 67.4 Å². The molecule has 0 saturated heterocycles. The van der Waals surface area contributed by atoms with E-state index in [9.17, 15) is 8.42 Å². The van der Waals surface area contributed by atoms with Gasteiger partial charge in [-0.1, -0.05) is 19.4 Å². The lowest BCUT2D eigenvalue weighted by Gasteiger charge is -2.13. The molecule has 1 atom stereocenters. The molecule has 0 aromatic heterocycles. The van der Waals surface area contributed by atoms with E-state index in [0.717, 1.165) is 19.4 Å². The number of unbranched alkanes of at least 4 members (excludes halogenated alkanes) is 1. The molecule has 0 amide bonds. The third kappa shape index (κ3) is 3.19. The van der Waals surface area contributed by atoms with Crippen LogP contribution in [0.5, 0.6) is 5.75 Å². The van der Waals surface area contributed by atoms with Crippen LogP contribution in [0.15, 0.2) is 23.1 Å². The maximum atomic E-state index is 12.3. The van der Waals surface area contributed by atoms with E-state index in [2.05, 4.69) is 17.0 Å². The Balaban J connectivity index is 2.38. The quantitative estimate of drug-likeness (QED) is 0.829. The summed E-state index contributed by atoms with van der Waals surface area (Å²) in [6, 6.07) is 5.03. The van der Waals surface area contributed by atoms with Gasteiger partial charge in [0.05, 0.1) is 11.7 Å². The minimum Gasteiger partial charge on any atom is -0.490 e. The number of ether oxygens (including phenoxy) is 1. The van der Waals surface area contributed by atoms with Crippen molar-refractivity contribution >= 4 is 15.7 Å². The van der Waals surface area contributed by atoms with Crippen LogP contribution in [0.1, 0.15) is 26.7 Å². The Morgan fingerprint density at radius 3 is 3.00 bits per heavy atom. The number of benzene rings is 1. The summed E-state index contributed by atoms with van der Waals surface area (Å²) in [5.74, 6) is 0.415. The van der Waals surface area contributed by atoms with Crippen molar-refractivity contribution in [3.8, 4) is 5.75 Å². The highest BCUT2D eigenvalue weighted by Crippen LogP contribution is 2.33. The number of hydrogen-bond acceptors (Lipinski definition) is 4. The van der Waals surface area contributed by atoms with E-state index >= 15 is 0 Å². The van der Waals surface area contributed by atoms with Gasteiger partial charge >= 0.3 is 0 Å². The molecule has 0 aliphatic carbocycles. The Bertz CT molecular complexity index is 543. The molecule has 5 nitrogen and oxygen atoms in total. The molecule has 1 aromatic rings. The first-order chi connectivity index (χ1) is 9.04. The summed E-state index contributed by atoms with van der Waals surface area (Å²) >= 11 is 0. The van der Waals surface area contributed by atoms with Gasteiger partial charge in [-0.2, -0.15) is 0 Å². The first-order valence-corrected chi connectivity index (χ1v) is 8.05. The number of hydrogen-bond donors (Lipinski definition) is 2. The largest absolute Gasteiger partial charge is 0.490 e. The third-order valence-corrected chi connectivity index (χ3v) is 4.61. The maximum Gasteiger partial charge on any atom is 0.246 e. The zero-order valence-corrected chi connectivity index (χ0v) is 12.1. The van der Waals surface area contributed by atoms with Gasteiger partial charge in [0, 0.05) is 6.54 Å². The van der Waals surface area contributed by atoms with E-state index in [0.29, 0.717) is 18.0 Å². The SMILES string of the molecule is CCCCNc1cccc2c1S(=O)(=O)N[C@@H](C)CO2. The molecule has 2 rings (SSSR count). The lowest BCUT2D eigenvalue weighted by Crippen LogP contribution is -2.34. The van der Waals surface area contributed by atoms with E-state index < -0.39 is 10.0 Å². The Morgan fingerprint density at radius 1 is 1.47 bits per heavy atom. The minimum absolute atomic E-state index is 0.218. The summed E-state index contributed by atoms with van der Waals surface area (Å²) in [5, 5.41) is 3.17. The smallest absolute Gasteiger partial charge is 0.246 e. The monoisotopic (exact) mass is 284 g/mol. The molecule has 0 fully saturated rings. The molecule has 106 valence electrons. The highest BCUT2D eigenvalue weighted by molar-refractivity contribution is 7.89. The van der Waals surface area contributed by atoms with Gasteiger partial charge in [0.25, 0.3) is 0 Å². The highest BCUT2D eigenvalue weighted by Gasteiger charge is 2.28. The average molecular weight is 284 g/mol. The molecule has 0 saturated carbocycles. The number of anilines is 1. The zero-order chi connectivity index (χ0) is 13.9. The van der Waals surface area contributed by atoms with Crippen LogP contribution in [0, 0.1) is 0 Å². The van der Waals surface area contributed by atoms with Crippen molar-refractivity contribution in [3.63, 3.8) is 0 Å². The van der Waals surface area contributed by atoms with Gasteiger partial charge in [0.1, 0.15) is 17.3 Å². The predicted octanol–water partition coefficient (Wildman–Crippen LogP) is 1.96. The first-order valence-electron chi connectivity index (χ1n) is 6.56. The van der Waals surface area contributed by atoms with Crippen LogP contribution in [-0.4, -0.2) is 27.6 Å². The van der Waals surface area contributed by atoms with E-state index in [1.807, 2.05) is 0 Å². The molecule has 1 aliphatic rings. The predicted molar refractivity (Wildman–Crippen MR) is 75.1 cm³/mol. The summed E-state index contributed by atoms with van der Waals surface area (Å²) in [4.78, 5) is 0.218. The standard InChI is InChI=1S/C13H20N2O3S/c1-3-4-8-14-11-6-5-7-12-13(11)19(16,17)15-10(2)9-18-12/h5-7,10,14-15H,3-4,8-9H2,1-2H3/t10-/m0/s1. The molecule has 1 aliphatic heterocycles. The molecule has 2 N–H and O–H groups in total. The van der Waals surface area contributed by atoms with Crippen molar-refractivity contribution in [2.24, 2.45) is 0 Å². The Morgan fingerprint density at radius 2 is 2.26 bits per heavy atom. The second kappa shape index (κ2) is 5.79. The van der Waals surface area contributed by atoms with Crippen molar-refractivity contribution in [1.29, 1.82) is 0 Å². The minimum atomic E-state index is -3.53. The Hall–Kier alpha value is -1.27. The van der Waals surface area contributed by atoms with Crippen LogP contribution in [0.2, 0.25) is 0 Å². The number of rotatable bonds is 4. The fourth-order valence-corrected chi connectivity index (χ4v) is 3.56. The normalized spacial score (nSPS) is 21.1. The molecule has 0 radical (unpaired) electrons. The van der Waals surface area contributed by atoms with Crippen molar-refractivity contribution < 1.29 is 13.2 Å². The van der Waals surface area contributed by atoms with Crippen LogP contribution < -0.4 is 14.8 Å². The van der Waals surface area contributed by atoms with Crippen molar-refractivity contribution in [2.75, 3.05) is 18.5 Å². The second-order valence-corrected chi connectivity index (χ2v) is 6.40. The molecular weight excluding hydrogens is 264 g/mol. The van der Waals surface area contributed by atoms with Gasteiger partial charge in [-0.05, 0) is 25.5 Å². The summed E-state index contributed by atoms with van der Waals surface area (Å²) in [7, 11) is -3.53. The van der Waals surface area contributed by atoms with Gasteiger partial charge in [-0.15, -0.1) is 0 Å². The third-order valence-electron chi connectivity index (χ3n) is 2.94. The van der Waals surface area contributed by atoms with E-state index in [-0.39, 0.29) is 10.9 Å². The lowest BCUT2D eigenvalue weighted by molar-refractivity contribution is 0.288. The fourth-order valence-electron chi connectivity index (χ4n) is 2.02. The molecule has 0 bridgehead atoms.